The molecule has 0 unspecified atom stereocenters. The lowest BCUT2D eigenvalue weighted by Crippen LogP contribution is -2.29. The Bertz CT molecular complexity index is 3610. The Balaban J connectivity index is 0.000000149. The number of hydrogen-bond donors (Lipinski definition) is 3. The van der Waals surface area contributed by atoms with E-state index >= 15 is 0 Å². The maximum atomic E-state index is 13.5. The molecule has 0 bridgehead atoms. The van der Waals surface area contributed by atoms with E-state index in [0.717, 1.165) is 99.6 Å². The number of anilines is 2. The van der Waals surface area contributed by atoms with Gasteiger partial charge in [-0.2, -0.15) is 0 Å². The van der Waals surface area contributed by atoms with Crippen LogP contribution in [0.15, 0.2) is 131 Å². The van der Waals surface area contributed by atoms with Crippen LogP contribution in [0.4, 0.5) is 11.4 Å². The lowest BCUT2D eigenvalue weighted by atomic mass is 9.91. The van der Waals surface area contributed by atoms with Gasteiger partial charge in [-0.1, -0.05) is 60.7 Å². The molecule has 5 heterocycles. The Kier molecular flexibility index (Phi) is 15.3. The molecule has 0 atom stereocenters. The third-order valence-electron chi connectivity index (χ3n) is 13.0. The van der Waals surface area contributed by atoms with Gasteiger partial charge in [0.05, 0.1) is 50.2 Å². The van der Waals surface area contributed by atoms with Crippen LogP contribution >= 0.6 is 22.7 Å². The van der Waals surface area contributed by atoms with E-state index in [-0.39, 0.29) is 40.4 Å². The number of carboxylic acid groups (broad SMARTS) is 2. The van der Waals surface area contributed by atoms with Crippen LogP contribution < -0.4 is 15.4 Å². The summed E-state index contributed by atoms with van der Waals surface area (Å²) in [4.78, 5) is 74.6. The second kappa shape index (κ2) is 22.3. The van der Waals surface area contributed by atoms with Crippen molar-refractivity contribution in [3.05, 3.63) is 170 Å². The van der Waals surface area contributed by atoms with Crippen molar-refractivity contribution in [2.24, 2.45) is 0 Å². The largest absolute Gasteiger partial charge is 0.507 e. The molecule has 11 rings (SSSR count). The van der Waals surface area contributed by atoms with Crippen LogP contribution in [0.5, 0.6) is 5.75 Å². The molecule has 6 aromatic carbocycles. The number of ketones is 1. The monoisotopic (exact) mass is 1030 g/mol. The van der Waals surface area contributed by atoms with Crippen molar-refractivity contribution < 1.29 is 43.7 Å². The predicted octanol–water partition coefficient (Wildman–Crippen LogP) is 11.7. The number of rotatable bonds is 11. The third kappa shape index (κ3) is 10.5. The van der Waals surface area contributed by atoms with Gasteiger partial charge in [-0.05, 0) is 112 Å². The van der Waals surface area contributed by atoms with Crippen molar-refractivity contribution in [1.82, 2.24) is 9.97 Å². The van der Waals surface area contributed by atoms with Gasteiger partial charge in [-0.15, -0.1) is 22.7 Å². The number of esters is 1. The van der Waals surface area contributed by atoms with Crippen LogP contribution in [-0.2, 0) is 28.8 Å². The van der Waals surface area contributed by atoms with Crippen molar-refractivity contribution in [2.75, 3.05) is 42.6 Å². The highest BCUT2D eigenvalue weighted by Gasteiger charge is 2.28. The van der Waals surface area contributed by atoms with Gasteiger partial charge in [0.1, 0.15) is 26.9 Å². The van der Waals surface area contributed by atoms with Crippen molar-refractivity contribution in [3.8, 4) is 27.4 Å². The molecule has 0 aliphatic carbocycles. The van der Waals surface area contributed by atoms with Gasteiger partial charge in [0.15, 0.2) is 5.78 Å². The summed E-state index contributed by atoms with van der Waals surface area (Å²) in [6.07, 6.45) is 4.05. The van der Waals surface area contributed by atoms with Crippen molar-refractivity contribution >= 4 is 89.1 Å². The number of fused-ring (bicyclic) bond motifs is 5. The van der Waals surface area contributed by atoms with Gasteiger partial charge < -0.3 is 34.3 Å². The van der Waals surface area contributed by atoms with Crippen molar-refractivity contribution in [1.29, 1.82) is 0 Å². The number of phenolic OH excluding ortho intramolecular Hbond substituents is 1. The zero-order valence-corrected chi connectivity index (χ0v) is 42.6. The third-order valence-corrected chi connectivity index (χ3v) is 15.1. The fourth-order valence-corrected chi connectivity index (χ4v) is 11.5. The lowest BCUT2D eigenvalue weighted by Gasteiger charge is -2.30. The van der Waals surface area contributed by atoms with Gasteiger partial charge >= 0.3 is 23.5 Å². The van der Waals surface area contributed by atoms with Crippen LogP contribution in [0.3, 0.4) is 0 Å². The SMILES string of the molecule is CCN1CCCc2cc(C(=O)c3ccccc3C(=O)O)c(O)cc21.CCN1CCCc2cc3c(-c4ccccc4C(=O)O)c(-c4nc5ccccc5s4)c(=O)oc3cc21.CCOC(=O)Cc1nc2ccccc2s1. The molecular weight excluding hydrogens is 977 g/mol. The summed E-state index contributed by atoms with van der Waals surface area (Å²) in [5.41, 5.74) is 7.52. The van der Waals surface area contributed by atoms with Crippen molar-refractivity contribution in [3.63, 3.8) is 0 Å². The minimum absolute atomic E-state index is 0.0604. The van der Waals surface area contributed by atoms with E-state index in [0.29, 0.717) is 33.9 Å². The zero-order valence-electron chi connectivity index (χ0n) is 40.9. The van der Waals surface area contributed by atoms with Crippen LogP contribution in [0, 0.1) is 0 Å². The molecule has 3 aromatic heterocycles. The summed E-state index contributed by atoms with van der Waals surface area (Å²) >= 11 is 2.94. The van der Waals surface area contributed by atoms with E-state index in [4.69, 9.17) is 14.1 Å². The van der Waals surface area contributed by atoms with E-state index in [2.05, 4.69) is 27.8 Å². The van der Waals surface area contributed by atoms with E-state index in [1.54, 1.807) is 55.5 Å². The number of aromatic carboxylic acids is 2. The van der Waals surface area contributed by atoms with E-state index in [9.17, 15) is 39.3 Å². The summed E-state index contributed by atoms with van der Waals surface area (Å²) in [7, 11) is 0. The number of nitrogens with zero attached hydrogens (tertiary/aromatic N) is 4. The molecule has 0 fully saturated rings. The molecule has 2 aliphatic heterocycles. The first kappa shape index (κ1) is 50.7. The number of carboxylic acids is 2. The fourth-order valence-electron chi connectivity index (χ4n) is 9.58. The van der Waals surface area contributed by atoms with Crippen LogP contribution in [0.25, 0.3) is 53.1 Å². The van der Waals surface area contributed by atoms with Gasteiger partial charge in [-0.25, -0.2) is 24.4 Å². The van der Waals surface area contributed by atoms with Gasteiger partial charge in [0.25, 0.3) is 0 Å². The average Bonchev–Trinajstić information content (AvgIpc) is 4.03. The Morgan fingerprint density at radius 3 is 1.84 bits per heavy atom. The number of benzene rings is 6. The molecule has 16 heteroatoms. The highest BCUT2D eigenvalue weighted by atomic mass is 32.1. The Morgan fingerprint density at radius 2 is 1.22 bits per heavy atom. The molecule has 74 heavy (non-hydrogen) atoms. The number of aromatic hydroxyl groups is 1. The van der Waals surface area contributed by atoms with Gasteiger partial charge in [-0.3, -0.25) is 9.59 Å². The van der Waals surface area contributed by atoms with Crippen molar-refractivity contribution in [2.45, 2.75) is 52.9 Å². The van der Waals surface area contributed by atoms with Crippen LogP contribution in [0.1, 0.15) is 86.4 Å². The van der Waals surface area contributed by atoms with E-state index in [1.807, 2.05) is 61.5 Å². The number of carbonyl (C=O) groups excluding carboxylic acids is 2. The predicted molar refractivity (Wildman–Crippen MR) is 291 cm³/mol. The van der Waals surface area contributed by atoms with Crippen LogP contribution in [-0.4, -0.2) is 81.8 Å². The first-order valence-electron chi connectivity index (χ1n) is 24.4. The molecule has 14 nitrogen and oxygen atoms in total. The number of thiazole rings is 2. The molecule has 0 saturated carbocycles. The van der Waals surface area contributed by atoms with E-state index in [1.165, 1.54) is 40.4 Å². The first-order chi connectivity index (χ1) is 35.9. The standard InChI is InChI=1S/C28H22N2O4S.C19H19NO4.C11H11NO2S/c1-2-30-13-7-8-16-14-19-22(15-21(16)30)34-28(33)25(26-29-20-11-5-6-12-23(20)35-26)24(19)17-9-3-4-10-18(17)27(31)32;1-2-20-9-5-6-12-10-15(17(21)11-16(12)20)18(22)13-7-3-4-8-14(13)19(23)24;1-2-14-11(13)7-10-12-8-5-3-4-6-9(8)15-10/h3-6,9-12,14-15H,2,7-8,13H2,1H3,(H,31,32);3-4,7-8,10-11,21H,2,5-6,9H2,1H3,(H,23,24);3-6H,2,7H2,1H3. The zero-order chi connectivity index (χ0) is 52.0. The minimum Gasteiger partial charge on any atom is -0.507 e. The molecule has 0 radical (unpaired) electrons. The number of carbonyl (C=O) groups is 4. The van der Waals surface area contributed by atoms with Crippen LogP contribution in [0.2, 0.25) is 0 Å². The topological polar surface area (TPSA) is 201 Å². The Hall–Kier alpha value is -8.21. The average molecular weight is 1030 g/mol. The summed E-state index contributed by atoms with van der Waals surface area (Å²) in [5, 5.41) is 31.7. The molecule has 2 aliphatic rings. The molecular formula is C58H52N4O10S2. The minimum atomic E-state index is -1.16. The fraction of sp³-hybridized carbons (Fsp3) is 0.224. The molecule has 0 amide bonds. The number of aryl methyl sites for hydroxylation is 2. The molecule has 3 N–H and O–H groups in total. The Labute approximate surface area is 433 Å². The highest BCUT2D eigenvalue weighted by molar-refractivity contribution is 7.21. The normalized spacial score (nSPS) is 12.8. The smallest absolute Gasteiger partial charge is 0.347 e. The highest BCUT2D eigenvalue weighted by Crippen LogP contribution is 2.43. The van der Waals surface area contributed by atoms with E-state index < -0.39 is 23.3 Å². The number of hydrogen-bond acceptors (Lipinski definition) is 14. The maximum absolute atomic E-state index is 13.5. The number of para-hydroxylation sites is 2. The number of ether oxygens (including phenoxy) is 1. The quantitative estimate of drug-likeness (QED) is 0.0627. The molecule has 376 valence electrons. The molecule has 9 aromatic rings. The number of phenols is 1. The van der Waals surface area contributed by atoms with Gasteiger partial charge in [0.2, 0.25) is 0 Å². The summed E-state index contributed by atoms with van der Waals surface area (Å²) in [5.74, 6) is -3.00. The molecule has 0 saturated heterocycles. The summed E-state index contributed by atoms with van der Waals surface area (Å²) in [6.45, 7) is 9.97. The lowest BCUT2D eigenvalue weighted by molar-refractivity contribution is -0.142. The molecule has 0 spiro atoms. The number of aromatic nitrogens is 2. The second-order valence-corrected chi connectivity index (χ2v) is 19.7. The second-order valence-electron chi connectivity index (χ2n) is 17.6. The van der Waals surface area contributed by atoms with Gasteiger partial charge in [0, 0.05) is 66.2 Å². The Morgan fingerprint density at radius 1 is 0.649 bits per heavy atom. The first-order valence-corrected chi connectivity index (χ1v) is 26.1. The summed E-state index contributed by atoms with van der Waals surface area (Å²) < 4.78 is 12.8. The summed E-state index contributed by atoms with van der Waals surface area (Å²) in [6, 6.07) is 35.7. The maximum Gasteiger partial charge on any atom is 0.347 e.